The lowest BCUT2D eigenvalue weighted by Crippen LogP contribution is -2.08. The van der Waals surface area contributed by atoms with Crippen molar-refractivity contribution >= 4 is 17.2 Å². The fourth-order valence-corrected chi connectivity index (χ4v) is 4.34. The Bertz CT molecular complexity index is 1390. The lowest BCUT2D eigenvalue weighted by atomic mass is 10.1. The van der Waals surface area contributed by atoms with Gasteiger partial charge in [0.15, 0.2) is 5.65 Å². The molecule has 0 aliphatic heterocycles. The first-order valence-corrected chi connectivity index (χ1v) is 11.0. The number of hydrogen-bond donors (Lipinski definition) is 0. The van der Waals surface area contributed by atoms with Gasteiger partial charge in [-0.25, -0.2) is 4.98 Å². The molecule has 34 heavy (non-hydrogen) atoms. The molecule has 3 aromatic heterocycles. The topological polar surface area (TPSA) is 65.5 Å². The highest BCUT2D eigenvalue weighted by atomic mass is 35.5. The van der Waals surface area contributed by atoms with E-state index >= 15 is 0 Å². The van der Waals surface area contributed by atoms with E-state index in [1.165, 1.54) is 16.2 Å². The number of ether oxygens (including phenoxy) is 1. The monoisotopic (exact) mass is 488 g/mol. The van der Waals surface area contributed by atoms with E-state index in [4.69, 9.17) is 20.9 Å². The summed E-state index contributed by atoms with van der Waals surface area (Å²) in [7, 11) is 0. The molecule has 1 atom stereocenters. The number of alkyl halides is 3. The van der Waals surface area contributed by atoms with Crippen LogP contribution < -0.4 is 4.74 Å². The van der Waals surface area contributed by atoms with Crippen LogP contribution in [0.5, 0.6) is 5.75 Å². The summed E-state index contributed by atoms with van der Waals surface area (Å²) in [6, 6.07) is 6.41. The number of pyridine rings is 1. The van der Waals surface area contributed by atoms with Crippen LogP contribution in [-0.2, 0) is 6.18 Å². The number of fused-ring (bicyclic) bond motifs is 1. The summed E-state index contributed by atoms with van der Waals surface area (Å²) in [5.41, 5.74) is 2.43. The quantitative estimate of drug-likeness (QED) is 0.290. The minimum absolute atomic E-state index is 0.127. The molecule has 0 radical (unpaired) electrons. The molecular formula is C24H20ClF3N4O2. The van der Waals surface area contributed by atoms with E-state index < -0.39 is 11.7 Å². The largest absolute Gasteiger partial charge is 0.493 e. The van der Waals surface area contributed by atoms with Crippen LogP contribution in [0.25, 0.3) is 28.6 Å². The molecule has 0 amide bonds. The van der Waals surface area contributed by atoms with Crippen molar-refractivity contribution in [1.82, 2.24) is 19.5 Å². The Morgan fingerprint density at radius 2 is 2.06 bits per heavy atom. The predicted molar refractivity (Wildman–Crippen MR) is 121 cm³/mol. The van der Waals surface area contributed by atoms with Crippen molar-refractivity contribution in [2.45, 2.75) is 32.4 Å². The first-order chi connectivity index (χ1) is 16.2. The van der Waals surface area contributed by atoms with Crippen LogP contribution >= 0.6 is 11.6 Å². The molecule has 6 nitrogen and oxygen atoms in total. The fourth-order valence-electron chi connectivity index (χ4n) is 4.08. The summed E-state index contributed by atoms with van der Waals surface area (Å²) < 4.78 is 51.8. The number of halogens is 4. The van der Waals surface area contributed by atoms with Gasteiger partial charge in [0.1, 0.15) is 11.4 Å². The third kappa shape index (κ3) is 4.40. The van der Waals surface area contributed by atoms with E-state index in [2.05, 4.69) is 21.7 Å². The molecule has 4 aromatic rings. The highest BCUT2D eigenvalue weighted by molar-refractivity contribution is 6.33. The molecule has 1 aliphatic carbocycles. The Balaban J connectivity index is 1.36. The SMILES string of the molecule is C=C1CC[C@H](COc2ccc(-c3nc(-c4cn5cc(C(F)(F)F)cc(Cl)c5n4)no3)cc2C)C1. The average Bonchev–Trinajstić information content (AvgIpc) is 3.51. The number of benzene rings is 1. The first kappa shape index (κ1) is 22.5. The van der Waals surface area contributed by atoms with E-state index in [1.54, 1.807) is 0 Å². The summed E-state index contributed by atoms with van der Waals surface area (Å²) in [5, 5.41) is 3.81. The second-order valence-corrected chi connectivity index (χ2v) is 8.91. The summed E-state index contributed by atoms with van der Waals surface area (Å²) in [6.07, 6.45) is 0.946. The molecule has 0 bridgehead atoms. The number of rotatable bonds is 5. The van der Waals surface area contributed by atoms with Crippen LogP contribution in [0.1, 0.15) is 30.4 Å². The van der Waals surface area contributed by atoms with Crippen molar-refractivity contribution in [3.05, 3.63) is 65.0 Å². The number of imidazole rings is 1. The molecule has 3 heterocycles. The zero-order chi connectivity index (χ0) is 24.0. The van der Waals surface area contributed by atoms with Gasteiger partial charge in [0.05, 0.1) is 17.2 Å². The number of aryl methyl sites for hydroxylation is 1. The van der Waals surface area contributed by atoms with Crippen molar-refractivity contribution in [2.75, 3.05) is 6.61 Å². The van der Waals surface area contributed by atoms with Crippen LogP contribution in [0.2, 0.25) is 5.02 Å². The van der Waals surface area contributed by atoms with E-state index in [-0.39, 0.29) is 28.1 Å². The number of hydrogen-bond acceptors (Lipinski definition) is 5. The minimum Gasteiger partial charge on any atom is -0.493 e. The average molecular weight is 489 g/mol. The first-order valence-electron chi connectivity index (χ1n) is 10.7. The van der Waals surface area contributed by atoms with Gasteiger partial charge in [0.2, 0.25) is 5.82 Å². The van der Waals surface area contributed by atoms with Crippen molar-refractivity contribution in [1.29, 1.82) is 0 Å². The Kier molecular flexibility index (Phi) is 5.59. The lowest BCUT2D eigenvalue weighted by molar-refractivity contribution is -0.137. The third-order valence-corrected chi connectivity index (χ3v) is 6.15. The zero-order valence-corrected chi connectivity index (χ0v) is 19.0. The second-order valence-electron chi connectivity index (χ2n) is 8.50. The van der Waals surface area contributed by atoms with Gasteiger partial charge in [-0.2, -0.15) is 18.2 Å². The van der Waals surface area contributed by atoms with Crippen molar-refractivity contribution in [2.24, 2.45) is 5.92 Å². The molecular weight excluding hydrogens is 469 g/mol. The van der Waals surface area contributed by atoms with Crippen LogP contribution in [-0.4, -0.2) is 26.1 Å². The molecule has 1 saturated carbocycles. The van der Waals surface area contributed by atoms with Gasteiger partial charge < -0.3 is 13.7 Å². The van der Waals surface area contributed by atoms with E-state index in [1.807, 2.05) is 25.1 Å². The van der Waals surface area contributed by atoms with Gasteiger partial charge in [-0.05, 0) is 61.9 Å². The predicted octanol–water partition coefficient (Wildman–Crippen LogP) is 6.77. The maximum atomic E-state index is 13.1. The summed E-state index contributed by atoms with van der Waals surface area (Å²) in [5.74, 6) is 1.69. The summed E-state index contributed by atoms with van der Waals surface area (Å²) in [4.78, 5) is 8.63. The molecule has 10 heteroatoms. The molecule has 0 spiro atoms. The highest BCUT2D eigenvalue weighted by Crippen LogP contribution is 2.34. The van der Waals surface area contributed by atoms with Gasteiger partial charge in [-0.15, -0.1) is 0 Å². The molecule has 5 rings (SSSR count). The maximum Gasteiger partial charge on any atom is 0.417 e. The zero-order valence-electron chi connectivity index (χ0n) is 18.2. The number of aromatic nitrogens is 4. The maximum absolute atomic E-state index is 13.1. The molecule has 0 N–H and O–H groups in total. The molecule has 0 saturated heterocycles. The van der Waals surface area contributed by atoms with Crippen LogP contribution in [0, 0.1) is 12.8 Å². The number of allylic oxidation sites excluding steroid dienone is 1. The molecule has 1 aliphatic rings. The fraction of sp³-hybridized carbons (Fsp3) is 0.292. The molecule has 0 unspecified atom stereocenters. The standard InChI is InChI=1S/C24H20ClF3N4O2/c1-13-3-4-15(7-13)12-33-20-6-5-16(8-14(20)2)23-30-21(31-34-23)19-11-32-10-17(24(26,27)28)9-18(25)22(32)29-19/h5-6,8-11,15H,1,3-4,7,12H2,2H3/t15-/m0/s1. The van der Waals surface area contributed by atoms with Crippen molar-refractivity contribution in [3.8, 4) is 28.7 Å². The molecule has 1 fully saturated rings. The minimum atomic E-state index is -4.53. The summed E-state index contributed by atoms with van der Waals surface area (Å²) in [6.45, 7) is 6.63. The van der Waals surface area contributed by atoms with Gasteiger partial charge in [-0.3, -0.25) is 0 Å². The summed E-state index contributed by atoms with van der Waals surface area (Å²) >= 11 is 6.01. The van der Waals surface area contributed by atoms with Gasteiger partial charge in [0.25, 0.3) is 5.89 Å². The Morgan fingerprint density at radius 3 is 2.76 bits per heavy atom. The van der Waals surface area contributed by atoms with Gasteiger partial charge >= 0.3 is 6.18 Å². The van der Waals surface area contributed by atoms with Crippen molar-refractivity contribution in [3.63, 3.8) is 0 Å². The molecule has 1 aromatic carbocycles. The molecule has 176 valence electrons. The van der Waals surface area contributed by atoms with Crippen LogP contribution in [0.4, 0.5) is 13.2 Å². The third-order valence-electron chi connectivity index (χ3n) is 5.87. The van der Waals surface area contributed by atoms with Crippen molar-refractivity contribution < 1.29 is 22.4 Å². The highest BCUT2D eigenvalue weighted by Gasteiger charge is 2.32. The van der Waals surface area contributed by atoms with Gasteiger partial charge in [-0.1, -0.05) is 28.9 Å². The van der Waals surface area contributed by atoms with Crippen LogP contribution in [0.15, 0.2) is 53.3 Å². The normalized spacial score (nSPS) is 16.5. The van der Waals surface area contributed by atoms with Crippen LogP contribution in [0.3, 0.4) is 0 Å². The Hall–Kier alpha value is -3.33. The lowest BCUT2D eigenvalue weighted by Gasteiger charge is -2.13. The Morgan fingerprint density at radius 1 is 1.24 bits per heavy atom. The van der Waals surface area contributed by atoms with E-state index in [0.717, 1.165) is 42.8 Å². The van der Waals surface area contributed by atoms with E-state index in [0.29, 0.717) is 18.1 Å². The number of nitrogens with zero attached hydrogens (tertiary/aromatic N) is 4. The second kappa shape index (κ2) is 8.47. The Labute approximate surface area is 198 Å². The van der Waals surface area contributed by atoms with Gasteiger partial charge in [0, 0.05) is 18.0 Å². The van der Waals surface area contributed by atoms with E-state index in [9.17, 15) is 13.2 Å². The smallest absolute Gasteiger partial charge is 0.417 e.